The van der Waals surface area contributed by atoms with Crippen LogP contribution in [0.15, 0.2) is 48.6 Å². The molecule has 66 valence electrons. The first-order chi connectivity index (χ1) is 5.74. The van der Waals surface area contributed by atoms with Crippen molar-refractivity contribution in [1.82, 2.24) is 0 Å². The van der Waals surface area contributed by atoms with E-state index in [1.807, 2.05) is 17.1 Å². The zero-order valence-electron chi connectivity index (χ0n) is 7.92. The van der Waals surface area contributed by atoms with Crippen LogP contribution in [-0.2, 0) is 0 Å². The van der Waals surface area contributed by atoms with Gasteiger partial charge in [0.15, 0.2) is 0 Å². The molecule has 0 fully saturated rings. The quantitative estimate of drug-likeness (QED) is 0.567. The number of hydrogen-bond donors (Lipinski definition) is 0. The molecule has 0 aliphatic heterocycles. The van der Waals surface area contributed by atoms with E-state index in [0.29, 0.717) is 0 Å². The second-order valence-corrected chi connectivity index (χ2v) is 7.45. The van der Waals surface area contributed by atoms with Gasteiger partial charge in [-0.05, 0) is 12.5 Å². The highest BCUT2D eigenvalue weighted by molar-refractivity contribution is 6.93. The summed E-state index contributed by atoms with van der Waals surface area (Å²) in [4.78, 5) is 0. The van der Waals surface area contributed by atoms with E-state index in [2.05, 4.69) is 31.5 Å². The largest absolute Gasteiger partial charge is 0.124 e. The summed E-state index contributed by atoms with van der Waals surface area (Å²) in [5, 5.41) is 0. The smallest absolute Gasteiger partial charge is 0.109 e. The molecule has 2 heteroatoms. The van der Waals surface area contributed by atoms with Crippen molar-refractivity contribution in [2.24, 2.45) is 0 Å². The van der Waals surface area contributed by atoms with Crippen molar-refractivity contribution in [3.05, 3.63) is 48.6 Å². The van der Waals surface area contributed by atoms with Crippen LogP contribution in [0, 0.1) is 0 Å². The third-order valence-corrected chi connectivity index (χ3v) is 6.03. The van der Waals surface area contributed by atoms with Gasteiger partial charge < -0.3 is 0 Å². The van der Waals surface area contributed by atoms with Crippen molar-refractivity contribution in [2.75, 3.05) is 0 Å². The van der Waals surface area contributed by atoms with Gasteiger partial charge >= 0.3 is 0 Å². The maximum absolute atomic E-state index is 3.86. The molecule has 0 unspecified atom stereocenters. The van der Waals surface area contributed by atoms with Gasteiger partial charge in [0.2, 0.25) is 0 Å². The molecule has 0 radical (unpaired) electrons. The lowest BCUT2D eigenvalue weighted by Gasteiger charge is -2.17. The molecule has 0 bridgehead atoms. The van der Waals surface area contributed by atoms with Gasteiger partial charge in [-0.1, -0.05) is 23.2 Å². The van der Waals surface area contributed by atoms with Crippen LogP contribution < -0.4 is 0 Å². The van der Waals surface area contributed by atoms with E-state index < -0.39 is 8.07 Å². The van der Waals surface area contributed by atoms with Crippen molar-refractivity contribution in [1.29, 1.82) is 0 Å². The topological polar surface area (TPSA) is 0 Å². The van der Waals surface area contributed by atoms with E-state index in [-0.39, 0.29) is 0 Å². The molecule has 0 aliphatic carbocycles. The predicted molar refractivity (Wildman–Crippen MR) is 64.8 cm³/mol. The van der Waals surface area contributed by atoms with E-state index in [0.717, 1.165) is 16.7 Å². The number of rotatable bonds is 6. The SMILES string of the molecule is C=C[Si](C=C)(C=C)CCC=C[SiH3]. The maximum atomic E-state index is 3.86. The van der Waals surface area contributed by atoms with Crippen LogP contribution in [0.1, 0.15) is 6.42 Å². The van der Waals surface area contributed by atoms with Gasteiger partial charge in [-0.25, -0.2) is 0 Å². The van der Waals surface area contributed by atoms with Crippen molar-refractivity contribution in [3.8, 4) is 0 Å². The monoisotopic (exact) mass is 194 g/mol. The van der Waals surface area contributed by atoms with Gasteiger partial charge in [0.05, 0.1) is 0 Å². The summed E-state index contributed by atoms with van der Waals surface area (Å²) >= 11 is 0. The molecule has 0 N–H and O–H groups in total. The highest BCUT2D eigenvalue weighted by Gasteiger charge is 2.19. The Morgan fingerprint density at radius 2 is 1.58 bits per heavy atom. The minimum atomic E-state index is -1.50. The minimum absolute atomic E-state index is 1.14. The number of allylic oxidation sites excluding steroid dienone is 1. The van der Waals surface area contributed by atoms with E-state index >= 15 is 0 Å². The van der Waals surface area contributed by atoms with Crippen LogP contribution in [0.2, 0.25) is 6.04 Å². The fourth-order valence-electron chi connectivity index (χ4n) is 1.06. The van der Waals surface area contributed by atoms with Crippen LogP contribution in [0.25, 0.3) is 0 Å². The lowest BCUT2D eigenvalue weighted by molar-refractivity contribution is 1.19. The van der Waals surface area contributed by atoms with E-state index in [4.69, 9.17) is 0 Å². The molecule has 0 atom stereocenters. The fraction of sp³-hybridized carbons (Fsp3) is 0.200. The van der Waals surface area contributed by atoms with Gasteiger partial charge in [0.1, 0.15) is 8.07 Å². The molecule has 0 spiro atoms. The lowest BCUT2D eigenvalue weighted by atomic mass is 10.5. The molecule has 12 heavy (non-hydrogen) atoms. The molecule has 0 saturated carbocycles. The van der Waals surface area contributed by atoms with Gasteiger partial charge in [-0.3, -0.25) is 0 Å². The summed E-state index contributed by atoms with van der Waals surface area (Å²) in [6.45, 7) is 11.6. The van der Waals surface area contributed by atoms with Crippen molar-refractivity contribution >= 4 is 18.3 Å². The van der Waals surface area contributed by atoms with E-state index in [1.165, 1.54) is 6.04 Å². The van der Waals surface area contributed by atoms with Crippen LogP contribution in [0.3, 0.4) is 0 Å². The first-order valence-electron chi connectivity index (χ1n) is 4.26. The normalized spacial score (nSPS) is 11.7. The first-order valence-corrected chi connectivity index (χ1v) is 7.86. The zero-order chi connectivity index (χ0) is 9.45. The highest BCUT2D eigenvalue weighted by Crippen LogP contribution is 2.16. The third kappa shape index (κ3) is 3.19. The van der Waals surface area contributed by atoms with Gasteiger partial charge in [0.25, 0.3) is 0 Å². The molecule has 0 aromatic heterocycles. The van der Waals surface area contributed by atoms with Gasteiger partial charge in [-0.2, -0.15) is 0 Å². The highest BCUT2D eigenvalue weighted by atomic mass is 28.3. The van der Waals surface area contributed by atoms with Crippen molar-refractivity contribution < 1.29 is 0 Å². The summed E-state index contributed by atoms with van der Waals surface area (Å²) in [5.41, 5.74) is 8.37. The Morgan fingerprint density at radius 1 is 1.08 bits per heavy atom. The Morgan fingerprint density at radius 3 is 1.92 bits per heavy atom. The Hall–Kier alpha value is -0.606. The second-order valence-electron chi connectivity index (χ2n) is 2.83. The first kappa shape index (κ1) is 11.4. The summed E-state index contributed by atoms with van der Waals surface area (Å²) in [6.07, 6.45) is 3.38. The summed E-state index contributed by atoms with van der Waals surface area (Å²) in [6, 6.07) is 1.17. The molecule has 0 nitrogen and oxygen atoms in total. The summed E-state index contributed by atoms with van der Waals surface area (Å²) in [5.74, 6) is 0. The Kier molecular flexibility index (Phi) is 5.67. The fourth-order valence-corrected chi connectivity index (χ4v) is 3.17. The molecule has 0 saturated heterocycles. The predicted octanol–water partition coefficient (Wildman–Crippen LogP) is 1.88. The molecular weight excluding hydrogens is 176 g/mol. The zero-order valence-corrected chi connectivity index (χ0v) is 10.9. The van der Waals surface area contributed by atoms with Crippen molar-refractivity contribution in [3.63, 3.8) is 0 Å². The molecular formula is C10H18Si2. The summed E-state index contributed by atoms with van der Waals surface area (Å²) in [7, 11) is -0.347. The Bertz CT molecular complexity index is 170. The maximum Gasteiger partial charge on any atom is 0.124 e. The van der Waals surface area contributed by atoms with E-state index in [1.54, 1.807) is 0 Å². The molecule has 0 aliphatic rings. The summed E-state index contributed by atoms with van der Waals surface area (Å²) < 4.78 is 0. The molecule has 0 aromatic carbocycles. The molecule has 0 amide bonds. The minimum Gasteiger partial charge on any atom is -0.109 e. The van der Waals surface area contributed by atoms with Crippen LogP contribution in [0.5, 0.6) is 0 Å². The average molecular weight is 194 g/mol. The molecule has 0 aromatic rings. The second kappa shape index (κ2) is 5.97. The third-order valence-electron chi connectivity index (χ3n) is 2.12. The average Bonchev–Trinajstić information content (AvgIpc) is 2.14. The lowest BCUT2D eigenvalue weighted by Crippen LogP contribution is -2.25. The van der Waals surface area contributed by atoms with Crippen LogP contribution in [0.4, 0.5) is 0 Å². The molecule has 0 heterocycles. The van der Waals surface area contributed by atoms with Crippen molar-refractivity contribution in [2.45, 2.75) is 12.5 Å². The Labute approximate surface area is 79.8 Å². The van der Waals surface area contributed by atoms with Crippen LogP contribution >= 0.6 is 0 Å². The Balaban J connectivity index is 4.20. The standard InChI is InChI=1S/C10H18Si2/c1-4-12(5-2,6-3)10-8-7-9-11/h4-7,9H,1-3,8,10H2,11H3. The van der Waals surface area contributed by atoms with Crippen LogP contribution in [-0.4, -0.2) is 18.3 Å². The van der Waals surface area contributed by atoms with Gasteiger partial charge in [0, 0.05) is 10.2 Å². The van der Waals surface area contributed by atoms with E-state index in [9.17, 15) is 0 Å². The molecule has 0 rings (SSSR count). The number of hydrogen-bond acceptors (Lipinski definition) is 0. The van der Waals surface area contributed by atoms with Gasteiger partial charge in [-0.15, -0.1) is 25.4 Å².